The van der Waals surface area contributed by atoms with Crippen molar-refractivity contribution in [3.8, 4) is 23.0 Å². The van der Waals surface area contributed by atoms with E-state index < -0.39 is 23.3 Å². The number of rotatable bonds is 8. The number of halogens is 4. The van der Waals surface area contributed by atoms with Gasteiger partial charge in [0.1, 0.15) is 34.6 Å². The van der Waals surface area contributed by atoms with Gasteiger partial charge in [-0.05, 0) is 88.2 Å². The van der Waals surface area contributed by atoms with Crippen molar-refractivity contribution in [2.45, 2.75) is 116 Å². The van der Waals surface area contributed by atoms with E-state index in [-0.39, 0.29) is 69.6 Å². The first-order chi connectivity index (χ1) is 29.9. The summed E-state index contributed by atoms with van der Waals surface area (Å²) in [4.78, 5) is 49.7. The van der Waals surface area contributed by atoms with Gasteiger partial charge in [0.25, 0.3) is 0 Å². The number of pyridine rings is 2. The summed E-state index contributed by atoms with van der Waals surface area (Å²) < 4.78 is 57.0. The molecular weight excluding hydrogens is 805 g/mol. The summed E-state index contributed by atoms with van der Waals surface area (Å²) in [6, 6.07) is 2.25. The molecule has 0 radical (unpaired) electrons. The van der Waals surface area contributed by atoms with Crippen LogP contribution >= 0.6 is 0 Å². The highest BCUT2D eigenvalue weighted by Gasteiger charge is 2.50. The van der Waals surface area contributed by atoms with Crippen LogP contribution in [0.15, 0.2) is 36.9 Å². The molecule has 0 amide bonds. The second-order valence-electron chi connectivity index (χ2n) is 17.6. The number of hydrogen-bond donors (Lipinski definition) is 4. The number of ketones is 2. The van der Waals surface area contributed by atoms with Gasteiger partial charge in [0.15, 0.2) is 46.2 Å². The van der Waals surface area contributed by atoms with E-state index in [9.17, 15) is 27.2 Å². The summed E-state index contributed by atoms with van der Waals surface area (Å²) in [7, 11) is 0. The maximum Gasteiger partial charge on any atom is 0.183 e. The maximum absolute atomic E-state index is 14.8. The van der Waals surface area contributed by atoms with Crippen LogP contribution in [0.5, 0.6) is 0 Å². The first-order valence-electron chi connectivity index (χ1n) is 21.5. The summed E-state index contributed by atoms with van der Waals surface area (Å²) in [5.41, 5.74) is 1.36. The molecule has 10 rings (SSSR count). The zero-order chi connectivity index (χ0) is 43.2. The number of Topliss-reactive ketones (excluding diaryl/α,β-unsaturated/α-hetero) is 2. The molecule has 2 spiro atoms. The van der Waals surface area contributed by atoms with Crippen molar-refractivity contribution in [2.24, 2.45) is 22.7 Å². The van der Waals surface area contributed by atoms with Crippen LogP contribution in [0, 0.1) is 45.9 Å². The van der Waals surface area contributed by atoms with Crippen LogP contribution < -0.4 is 10.6 Å². The minimum absolute atomic E-state index is 0.0140. The Morgan fingerprint density at radius 2 is 0.968 bits per heavy atom. The molecule has 6 aromatic heterocycles. The standard InChI is InChI=1S/2C22H24F2N6O/c2*1-12(31)14-5-4-8-22(6-2-3-7-22)18(14)27-20-16(24)11-26-21(28-20)17-15-9-13(23)10-25-19(15)30-29-17/h2*9-11,14,18H,2-8H2,1H3,(H,25,29,30)(H,26,27,28)/t2*14-,18?/m10/s1. The van der Waals surface area contributed by atoms with Gasteiger partial charge in [-0.2, -0.15) is 10.2 Å². The Balaban J connectivity index is 0.000000158. The quantitative estimate of drug-likeness (QED) is 0.107. The summed E-state index contributed by atoms with van der Waals surface area (Å²) in [6.45, 7) is 3.24. The molecule has 0 aromatic carbocycles. The fourth-order valence-electron chi connectivity index (χ4n) is 11.1. The SMILES string of the molecule is CC(=O)[C@@H]1CCCC2(CCCC2)C1Nc1nc(-c2[nH]nc3ncc(F)cc23)ncc1F.CC(=O)[C@H]1CCCC2(CCCC2)C1Nc1nc(-c2[nH]nc3ncc(F)cc23)ncc1F. The van der Waals surface area contributed by atoms with Gasteiger partial charge in [-0.1, -0.05) is 38.5 Å². The van der Waals surface area contributed by atoms with Crippen LogP contribution in [-0.4, -0.2) is 73.9 Å². The van der Waals surface area contributed by atoms with Crippen molar-refractivity contribution in [3.63, 3.8) is 0 Å². The van der Waals surface area contributed by atoms with Crippen LogP contribution in [0.2, 0.25) is 0 Å². The average molecular weight is 853 g/mol. The number of carbonyl (C=O) groups is 2. The molecule has 0 bridgehead atoms. The van der Waals surface area contributed by atoms with Gasteiger partial charge in [0, 0.05) is 23.9 Å². The van der Waals surface area contributed by atoms with E-state index in [0.29, 0.717) is 33.5 Å². The van der Waals surface area contributed by atoms with Gasteiger partial charge in [-0.15, -0.1) is 0 Å². The van der Waals surface area contributed by atoms with Crippen LogP contribution in [0.3, 0.4) is 0 Å². The Hall–Kier alpha value is -5.94. The summed E-state index contributed by atoms with van der Waals surface area (Å²) >= 11 is 0. The molecule has 324 valence electrons. The Morgan fingerprint density at radius 1 is 0.581 bits per heavy atom. The fraction of sp³-hybridized carbons (Fsp3) is 0.500. The molecule has 62 heavy (non-hydrogen) atoms. The predicted octanol–water partition coefficient (Wildman–Crippen LogP) is 8.85. The number of aromatic nitrogens is 10. The number of nitrogens with zero attached hydrogens (tertiary/aromatic N) is 8. The van der Waals surface area contributed by atoms with Crippen LogP contribution in [0.4, 0.5) is 29.2 Å². The molecule has 2 unspecified atom stereocenters. The van der Waals surface area contributed by atoms with E-state index in [1.807, 2.05) is 0 Å². The second kappa shape index (κ2) is 16.7. The molecule has 4 aliphatic carbocycles. The molecule has 4 atom stereocenters. The van der Waals surface area contributed by atoms with Gasteiger partial charge >= 0.3 is 0 Å². The Morgan fingerprint density at radius 3 is 1.35 bits per heavy atom. The number of anilines is 2. The molecule has 6 aromatic rings. The lowest BCUT2D eigenvalue weighted by molar-refractivity contribution is -0.124. The van der Waals surface area contributed by atoms with Crippen LogP contribution in [0.25, 0.3) is 45.1 Å². The third kappa shape index (κ3) is 7.76. The average Bonchev–Trinajstić information content (AvgIpc) is 4.09. The van der Waals surface area contributed by atoms with Crippen LogP contribution in [0.1, 0.15) is 104 Å². The third-order valence-electron chi connectivity index (χ3n) is 14.0. The number of H-pyrrole nitrogens is 2. The zero-order valence-corrected chi connectivity index (χ0v) is 34.6. The maximum atomic E-state index is 14.8. The van der Waals surface area contributed by atoms with E-state index in [0.717, 1.165) is 115 Å². The molecule has 0 saturated heterocycles. The van der Waals surface area contributed by atoms with E-state index in [2.05, 4.69) is 60.9 Å². The van der Waals surface area contributed by atoms with Crippen molar-refractivity contribution in [1.29, 1.82) is 0 Å². The molecule has 14 nitrogen and oxygen atoms in total. The van der Waals surface area contributed by atoms with Gasteiger partial charge in [-0.25, -0.2) is 47.5 Å². The minimum atomic E-state index is -0.585. The van der Waals surface area contributed by atoms with Crippen molar-refractivity contribution < 1.29 is 27.2 Å². The third-order valence-corrected chi connectivity index (χ3v) is 14.0. The van der Waals surface area contributed by atoms with Crippen molar-refractivity contribution in [1.82, 2.24) is 50.3 Å². The topological polar surface area (TPSA) is 193 Å². The smallest absolute Gasteiger partial charge is 0.183 e. The van der Waals surface area contributed by atoms with Gasteiger partial charge < -0.3 is 10.6 Å². The van der Waals surface area contributed by atoms with E-state index >= 15 is 0 Å². The molecule has 18 heteroatoms. The number of aromatic amines is 2. The first-order valence-corrected chi connectivity index (χ1v) is 21.5. The predicted molar refractivity (Wildman–Crippen MR) is 222 cm³/mol. The summed E-state index contributed by atoms with van der Waals surface area (Å²) in [6.07, 6.45) is 18.7. The van der Waals surface area contributed by atoms with E-state index in [4.69, 9.17) is 0 Å². The number of fused-ring (bicyclic) bond motifs is 2. The molecule has 0 aliphatic heterocycles. The van der Waals surface area contributed by atoms with Crippen molar-refractivity contribution in [3.05, 3.63) is 60.2 Å². The van der Waals surface area contributed by atoms with Crippen molar-refractivity contribution in [2.75, 3.05) is 10.6 Å². The minimum Gasteiger partial charge on any atom is -0.363 e. The lowest BCUT2D eigenvalue weighted by Crippen LogP contribution is -2.49. The van der Waals surface area contributed by atoms with E-state index in [1.165, 1.54) is 12.1 Å². The summed E-state index contributed by atoms with van der Waals surface area (Å²) in [5.74, 6) is -1.79. The highest BCUT2D eigenvalue weighted by atomic mass is 19.1. The second-order valence-corrected chi connectivity index (χ2v) is 17.6. The number of carbonyl (C=O) groups excluding carboxylic acids is 2. The molecule has 6 heterocycles. The highest BCUT2D eigenvalue weighted by Crippen LogP contribution is 2.53. The van der Waals surface area contributed by atoms with Gasteiger partial charge in [0.2, 0.25) is 0 Å². The fourth-order valence-corrected chi connectivity index (χ4v) is 11.1. The summed E-state index contributed by atoms with van der Waals surface area (Å²) in [5, 5.41) is 21.1. The van der Waals surface area contributed by atoms with Crippen LogP contribution in [-0.2, 0) is 9.59 Å². The first kappa shape index (κ1) is 41.4. The molecule has 4 aliphatic rings. The molecular formula is C44H48F4N12O2. The lowest BCUT2D eigenvalue weighted by atomic mass is 9.63. The number of nitrogens with one attached hydrogen (secondary N) is 4. The lowest BCUT2D eigenvalue weighted by Gasteiger charge is -2.46. The largest absolute Gasteiger partial charge is 0.363 e. The van der Waals surface area contributed by atoms with Gasteiger partial charge in [0.05, 0.1) is 35.6 Å². The monoisotopic (exact) mass is 852 g/mol. The Kier molecular flexibility index (Phi) is 11.2. The zero-order valence-electron chi connectivity index (χ0n) is 34.6. The molecule has 4 saturated carbocycles. The van der Waals surface area contributed by atoms with E-state index in [1.54, 1.807) is 13.8 Å². The molecule has 4 fully saturated rings. The molecule has 4 N–H and O–H groups in total. The van der Waals surface area contributed by atoms with Crippen molar-refractivity contribution >= 4 is 45.3 Å². The Bertz CT molecular complexity index is 2460. The normalized spacial score (nSPS) is 22.8. The highest BCUT2D eigenvalue weighted by molar-refractivity contribution is 5.89. The van der Waals surface area contributed by atoms with Gasteiger partial charge in [-0.3, -0.25) is 19.8 Å². The Labute approximate surface area is 354 Å². The number of hydrogen-bond acceptors (Lipinski definition) is 12.